The summed E-state index contributed by atoms with van der Waals surface area (Å²) in [6.07, 6.45) is 0.734. The molecule has 1 aliphatic carbocycles. The fourth-order valence-corrected chi connectivity index (χ4v) is 2.68. The molecule has 1 amide bonds. The summed E-state index contributed by atoms with van der Waals surface area (Å²) in [6, 6.07) is 0. The summed E-state index contributed by atoms with van der Waals surface area (Å²) < 4.78 is 26.0. The number of halogens is 2. The molecule has 0 bridgehead atoms. The highest BCUT2D eigenvalue weighted by Gasteiger charge is 2.41. The third-order valence-electron chi connectivity index (χ3n) is 3.83. The van der Waals surface area contributed by atoms with Gasteiger partial charge in [-0.25, -0.2) is 8.78 Å². The molecular formula is C12H19F2NO2. The highest BCUT2D eigenvalue weighted by Crippen LogP contribution is 2.37. The van der Waals surface area contributed by atoms with Crippen LogP contribution in [0.5, 0.6) is 0 Å². The first kappa shape index (κ1) is 12.7. The maximum Gasteiger partial charge on any atom is 0.248 e. The van der Waals surface area contributed by atoms with E-state index in [4.69, 9.17) is 0 Å². The van der Waals surface area contributed by atoms with Crippen LogP contribution >= 0.6 is 0 Å². The number of carbonyl (C=O) groups is 1. The minimum Gasteiger partial charge on any atom is -0.388 e. The molecule has 17 heavy (non-hydrogen) atoms. The Morgan fingerprint density at radius 3 is 2.35 bits per heavy atom. The Bertz CT molecular complexity index is 308. The molecule has 2 rings (SSSR count). The van der Waals surface area contributed by atoms with E-state index in [1.807, 2.05) is 0 Å². The van der Waals surface area contributed by atoms with Crippen LogP contribution in [-0.2, 0) is 4.79 Å². The molecule has 5 heteroatoms. The van der Waals surface area contributed by atoms with Crippen LogP contribution in [0.25, 0.3) is 0 Å². The molecule has 0 aromatic heterocycles. The highest BCUT2D eigenvalue weighted by atomic mass is 19.3. The van der Waals surface area contributed by atoms with Crippen LogP contribution in [-0.4, -0.2) is 40.5 Å². The lowest BCUT2D eigenvalue weighted by Gasteiger charge is -2.30. The van der Waals surface area contributed by atoms with Crippen LogP contribution < -0.4 is 0 Å². The second-order valence-corrected chi connectivity index (χ2v) is 5.64. The van der Waals surface area contributed by atoms with Gasteiger partial charge in [0.25, 0.3) is 0 Å². The number of likely N-dealkylation sites (tertiary alicyclic amines) is 1. The highest BCUT2D eigenvalue weighted by molar-refractivity contribution is 5.79. The van der Waals surface area contributed by atoms with E-state index in [0.717, 1.165) is 0 Å². The first-order valence-electron chi connectivity index (χ1n) is 6.18. The van der Waals surface area contributed by atoms with Crippen molar-refractivity contribution >= 4 is 5.91 Å². The zero-order valence-corrected chi connectivity index (χ0v) is 10.1. The quantitative estimate of drug-likeness (QED) is 0.767. The molecule has 0 aromatic carbocycles. The van der Waals surface area contributed by atoms with Gasteiger partial charge in [0.1, 0.15) is 0 Å². The van der Waals surface area contributed by atoms with Crippen LogP contribution in [0.15, 0.2) is 0 Å². The summed E-state index contributed by atoms with van der Waals surface area (Å²) in [7, 11) is 0. The van der Waals surface area contributed by atoms with Gasteiger partial charge in [0, 0.05) is 31.8 Å². The molecule has 1 saturated heterocycles. The Balaban J connectivity index is 1.90. The second kappa shape index (κ2) is 4.19. The minimum absolute atomic E-state index is 0.0572. The molecule has 0 radical (unpaired) electrons. The van der Waals surface area contributed by atoms with E-state index in [0.29, 0.717) is 19.5 Å². The number of aliphatic hydroxyl groups is 1. The summed E-state index contributed by atoms with van der Waals surface area (Å²) in [5.41, 5.74) is -0.811. The number of β-amino-alcohol motifs (C(OH)–C–C–N with tert-alkyl or cyclic N) is 1. The molecule has 98 valence electrons. The number of rotatable bonds is 1. The van der Waals surface area contributed by atoms with E-state index in [1.54, 1.807) is 11.8 Å². The van der Waals surface area contributed by atoms with Crippen molar-refractivity contribution in [2.24, 2.45) is 5.92 Å². The Hall–Kier alpha value is -0.710. The van der Waals surface area contributed by atoms with Gasteiger partial charge in [0.15, 0.2) is 0 Å². The van der Waals surface area contributed by atoms with Crippen LogP contribution in [0.4, 0.5) is 8.78 Å². The van der Waals surface area contributed by atoms with Gasteiger partial charge in [-0.2, -0.15) is 0 Å². The molecule has 0 aromatic rings. The first-order chi connectivity index (χ1) is 7.79. The Morgan fingerprint density at radius 2 is 1.88 bits per heavy atom. The topological polar surface area (TPSA) is 40.5 Å². The van der Waals surface area contributed by atoms with E-state index in [1.165, 1.54) is 0 Å². The maximum absolute atomic E-state index is 13.0. The van der Waals surface area contributed by atoms with Gasteiger partial charge in [-0.1, -0.05) is 0 Å². The average Bonchev–Trinajstić information content (AvgIpc) is 2.58. The van der Waals surface area contributed by atoms with Crippen LogP contribution in [0.2, 0.25) is 0 Å². The smallest absolute Gasteiger partial charge is 0.248 e. The predicted molar refractivity (Wildman–Crippen MR) is 58.7 cm³/mol. The third kappa shape index (κ3) is 2.94. The SMILES string of the molecule is CC1(O)CCN(C(=O)C2CCC(F)(F)CC2)C1. The van der Waals surface area contributed by atoms with Crippen LogP contribution in [0.3, 0.4) is 0 Å². The summed E-state index contributed by atoms with van der Waals surface area (Å²) in [5, 5.41) is 9.78. The number of hydrogen-bond donors (Lipinski definition) is 1. The summed E-state index contributed by atoms with van der Waals surface area (Å²) in [4.78, 5) is 13.7. The van der Waals surface area contributed by atoms with Gasteiger partial charge in [-0.3, -0.25) is 4.79 Å². The summed E-state index contributed by atoms with van der Waals surface area (Å²) >= 11 is 0. The van der Waals surface area contributed by atoms with Gasteiger partial charge in [-0.15, -0.1) is 0 Å². The monoisotopic (exact) mass is 247 g/mol. The molecular weight excluding hydrogens is 228 g/mol. The van der Waals surface area contributed by atoms with E-state index >= 15 is 0 Å². The molecule has 1 atom stereocenters. The van der Waals surface area contributed by atoms with Crippen molar-refractivity contribution in [3.05, 3.63) is 0 Å². The summed E-state index contributed by atoms with van der Waals surface area (Å²) in [5.74, 6) is -2.92. The molecule has 1 unspecified atom stereocenters. The van der Waals surface area contributed by atoms with E-state index in [-0.39, 0.29) is 37.5 Å². The number of hydrogen-bond acceptors (Lipinski definition) is 2. The second-order valence-electron chi connectivity index (χ2n) is 5.64. The van der Waals surface area contributed by atoms with E-state index in [2.05, 4.69) is 0 Å². The molecule has 2 fully saturated rings. The van der Waals surface area contributed by atoms with Crippen LogP contribution in [0.1, 0.15) is 39.0 Å². The number of carbonyl (C=O) groups excluding carboxylic acids is 1. The van der Waals surface area contributed by atoms with Crippen molar-refractivity contribution in [3.8, 4) is 0 Å². The summed E-state index contributed by atoms with van der Waals surface area (Å²) in [6.45, 7) is 2.58. The van der Waals surface area contributed by atoms with Crippen molar-refractivity contribution in [3.63, 3.8) is 0 Å². The fourth-order valence-electron chi connectivity index (χ4n) is 2.68. The van der Waals surface area contributed by atoms with Crippen molar-refractivity contribution in [1.29, 1.82) is 0 Å². The van der Waals surface area contributed by atoms with E-state index in [9.17, 15) is 18.7 Å². The number of nitrogens with zero attached hydrogens (tertiary/aromatic N) is 1. The van der Waals surface area contributed by atoms with Gasteiger partial charge in [0.05, 0.1) is 5.60 Å². The van der Waals surface area contributed by atoms with E-state index < -0.39 is 11.5 Å². The van der Waals surface area contributed by atoms with Gasteiger partial charge in [0.2, 0.25) is 11.8 Å². The van der Waals surface area contributed by atoms with Crippen molar-refractivity contribution in [1.82, 2.24) is 4.90 Å². The molecule has 1 saturated carbocycles. The minimum atomic E-state index is -2.59. The molecule has 3 nitrogen and oxygen atoms in total. The lowest BCUT2D eigenvalue weighted by atomic mass is 9.86. The Morgan fingerprint density at radius 1 is 1.29 bits per heavy atom. The Kier molecular flexibility index (Phi) is 3.14. The third-order valence-corrected chi connectivity index (χ3v) is 3.83. The van der Waals surface area contributed by atoms with Crippen LogP contribution in [0, 0.1) is 5.92 Å². The van der Waals surface area contributed by atoms with Crippen molar-refractivity contribution in [2.45, 2.75) is 50.6 Å². The van der Waals surface area contributed by atoms with Gasteiger partial charge < -0.3 is 10.0 Å². The van der Waals surface area contributed by atoms with Gasteiger partial charge >= 0.3 is 0 Å². The van der Waals surface area contributed by atoms with Gasteiger partial charge in [-0.05, 0) is 26.2 Å². The lowest BCUT2D eigenvalue weighted by Crippen LogP contribution is -2.40. The molecule has 2 aliphatic rings. The van der Waals surface area contributed by atoms with Crippen molar-refractivity contribution < 1.29 is 18.7 Å². The maximum atomic E-state index is 13.0. The normalized spacial score (nSPS) is 34.0. The zero-order chi connectivity index (χ0) is 12.7. The number of alkyl halides is 2. The molecule has 0 spiro atoms. The van der Waals surface area contributed by atoms with Crippen molar-refractivity contribution in [2.75, 3.05) is 13.1 Å². The zero-order valence-electron chi connectivity index (χ0n) is 10.1. The largest absolute Gasteiger partial charge is 0.388 e. The average molecular weight is 247 g/mol. The first-order valence-corrected chi connectivity index (χ1v) is 6.18. The number of amides is 1. The molecule has 1 heterocycles. The Labute approximate surface area is 99.8 Å². The molecule has 1 aliphatic heterocycles. The fraction of sp³-hybridized carbons (Fsp3) is 0.917. The predicted octanol–water partition coefficient (Wildman–Crippen LogP) is 1.80. The lowest BCUT2D eigenvalue weighted by molar-refractivity contribution is -0.139. The standard InChI is InChI=1S/C12H19F2NO2/c1-11(17)6-7-15(8-11)10(16)9-2-4-12(13,14)5-3-9/h9,17H,2-8H2,1H3. The molecule has 1 N–H and O–H groups in total.